The van der Waals surface area contributed by atoms with Crippen LogP contribution in [0.4, 0.5) is 0 Å². The van der Waals surface area contributed by atoms with Crippen molar-refractivity contribution in [3.05, 3.63) is 0 Å². The Labute approximate surface area is 38.6 Å². The molecule has 0 aromatic rings. The Bertz CT molecular complexity index is 30.0. The smallest absolute Gasteiger partial charge is 0.305 e. The quantitative estimate of drug-likeness (QED) is 0.436. The second kappa shape index (κ2) is 3.19. The van der Waals surface area contributed by atoms with Gasteiger partial charge in [-0.25, -0.2) is 0 Å². The summed E-state index contributed by atoms with van der Waals surface area (Å²) in [6.45, 7) is 1.91. The Morgan fingerprint density at radius 2 is 2.50 bits per heavy atom. The van der Waals surface area contributed by atoms with E-state index >= 15 is 0 Å². The van der Waals surface area contributed by atoms with E-state index in [4.69, 9.17) is 10.8 Å². The van der Waals surface area contributed by atoms with Crippen LogP contribution in [-0.4, -0.2) is 18.4 Å². The molecule has 0 fully saturated rings. The van der Waals surface area contributed by atoms with Gasteiger partial charge in [0, 0.05) is 5.94 Å². The minimum atomic E-state index is -0.134. The van der Waals surface area contributed by atoms with Crippen LogP contribution in [0.5, 0.6) is 0 Å². The second-order valence-electron chi connectivity index (χ2n) is 1.22. The summed E-state index contributed by atoms with van der Waals surface area (Å²) in [7, 11) is 1.00. The van der Waals surface area contributed by atoms with E-state index in [1.165, 1.54) is 0 Å². The standard InChI is InChI=1S/C3H9BNO/c1-2-3(5)4-6/h3,6H,2,5H2,1H3. The predicted molar refractivity (Wildman–Crippen MR) is 26.2 cm³/mol. The summed E-state index contributed by atoms with van der Waals surface area (Å²) in [5.41, 5.74) is 5.17. The Morgan fingerprint density at radius 1 is 2.00 bits per heavy atom. The first kappa shape index (κ1) is 5.98. The first-order valence-corrected chi connectivity index (χ1v) is 2.04. The van der Waals surface area contributed by atoms with Gasteiger partial charge in [-0.3, -0.25) is 0 Å². The molecule has 35 valence electrons. The summed E-state index contributed by atoms with van der Waals surface area (Å²) < 4.78 is 0. The van der Waals surface area contributed by atoms with Crippen molar-refractivity contribution in [1.29, 1.82) is 0 Å². The first-order valence-electron chi connectivity index (χ1n) is 2.04. The minimum Gasteiger partial charge on any atom is -0.453 e. The zero-order valence-corrected chi connectivity index (χ0v) is 3.89. The highest BCUT2D eigenvalue weighted by Gasteiger charge is 1.94. The molecule has 6 heavy (non-hydrogen) atoms. The van der Waals surface area contributed by atoms with Crippen molar-refractivity contribution in [2.45, 2.75) is 19.3 Å². The van der Waals surface area contributed by atoms with Gasteiger partial charge in [0.15, 0.2) is 0 Å². The third kappa shape index (κ3) is 2.24. The van der Waals surface area contributed by atoms with Crippen LogP contribution in [0, 0.1) is 0 Å². The average Bonchev–Trinajstić information content (AvgIpc) is 1.65. The Hall–Kier alpha value is -0.0151. The summed E-state index contributed by atoms with van der Waals surface area (Å²) in [5.74, 6) is -0.134. The van der Waals surface area contributed by atoms with Crippen LogP contribution in [0.15, 0.2) is 0 Å². The van der Waals surface area contributed by atoms with E-state index in [1.54, 1.807) is 0 Å². The van der Waals surface area contributed by atoms with Crippen LogP contribution >= 0.6 is 0 Å². The molecule has 1 unspecified atom stereocenters. The van der Waals surface area contributed by atoms with Gasteiger partial charge in [0.2, 0.25) is 0 Å². The first-order chi connectivity index (χ1) is 2.81. The van der Waals surface area contributed by atoms with Crippen LogP contribution in [0.25, 0.3) is 0 Å². The number of rotatable bonds is 2. The molecule has 0 aliphatic rings. The molecule has 0 spiro atoms. The molecule has 0 aromatic heterocycles. The maximum absolute atomic E-state index is 8.08. The average molecular weight is 85.9 g/mol. The Balaban J connectivity index is 2.75. The van der Waals surface area contributed by atoms with E-state index in [0.29, 0.717) is 0 Å². The van der Waals surface area contributed by atoms with Crippen molar-refractivity contribution in [3.63, 3.8) is 0 Å². The van der Waals surface area contributed by atoms with E-state index in [1.807, 2.05) is 6.92 Å². The van der Waals surface area contributed by atoms with Crippen molar-refractivity contribution in [2.75, 3.05) is 0 Å². The summed E-state index contributed by atoms with van der Waals surface area (Å²) in [5, 5.41) is 8.08. The zero-order valence-electron chi connectivity index (χ0n) is 3.89. The highest BCUT2D eigenvalue weighted by Crippen LogP contribution is 1.76. The molecule has 0 saturated heterocycles. The van der Waals surface area contributed by atoms with Crippen LogP contribution < -0.4 is 5.73 Å². The van der Waals surface area contributed by atoms with Gasteiger partial charge < -0.3 is 10.8 Å². The van der Waals surface area contributed by atoms with Gasteiger partial charge in [0.05, 0.1) is 0 Å². The maximum atomic E-state index is 8.08. The van der Waals surface area contributed by atoms with Crippen LogP contribution in [0.2, 0.25) is 0 Å². The number of hydrogen-bond donors (Lipinski definition) is 2. The van der Waals surface area contributed by atoms with Crippen LogP contribution in [0.1, 0.15) is 13.3 Å². The molecule has 0 heterocycles. The molecule has 3 N–H and O–H groups in total. The van der Waals surface area contributed by atoms with Crippen LogP contribution in [0.3, 0.4) is 0 Å². The lowest BCUT2D eigenvalue weighted by Crippen LogP contribution is -2.25. The third-order valence-electron chi connectivity index (χ3n) is 0.663. The summed E-state index contributed by atoms with van der Waals surface area (Å²) in [6, 6.07) is 0. The Morgan fingerprint density at radius 3 is 2.50 bits per heavy atom. The summed E-state index contributed by atoms with van der Waals surface area (Å²) in [6.07, 6.45) is 0.802. The number of nitrogens with two attached hydrogens (primary N) is 1. The van der Waals surface area contributed by atoms with Gasteiger partial charge in [-0.1, -0.05) is 6.92 Å². The van der Waals surface area contributed by atoms with Gasteiger partial charge in [0.25, 0.3) is 0 Å². The van der Waals surface area contributed by atoms with Crippen molar-refractivity contribution in [1.82, 2.24) is 0 Å². The fourth-order valence-corrected chi connectivity index (χ4v) is 0.105. The van der Waals surface area contributed by atoms with Gasteiger partial charge in [-0.15, -0.1) is 0 Å². The maximum Gasteiger partial charge on any atom is 0.305 e. The monoisotopic (exact) mass is 86.1 g/mol. The highest BCUT2D eigenvalue weighted by molar-refractivity contribution is 6.27. The summed E-state index contributed by atoms with van der Waals surface area (Å²) >= 11 is 0. The summed E-state index contributed by atoms with van der Waals surface area (Å²) in [4.78, 5) is 0. The zero-order chi connectivity index (χ0) is 4.99. The molecular weight excluding hydrogens is 76.9 g/mol. The van der Waals surface area contributed by atoms with E-state index in [-0.39, 0.29) is 5.94 Å². The molecule has 3 heteroatoms. The topological polar surface area (TPSA) is 46.2 Å². The van der Waals surface area contributed by atoms with Crippen molar-refractivity contribution >= 4 is 7.48 Å². The van der Waals surface area contributed by atoms with Crippen molar-refractivity contribution < 1.29 is 5.02 Å². The predicted octanol–water partition coefficient (Wildman–Crippen LogP) is -0.707. The molecule has 1 atom stereocenters. The Kier molecular flexibility index (Phi) is 3.18. The molecule has 0 aromatic carbocycles. The lowest BCUT2D eigenvalue weighted by molar-refractivity contribution is 0.575. The molecule has 0 rings (SSSR count). The van der Waals surface area contributed by atoms with E-state index < -0.39 is 0 Å². The fraction of sp³-hybridized carbons (Fsp3) is 1.00. The largest absolute Gasteiger partial charge is 0.453 e. The molecular formula is C3H9BNO. The van der Waals surface area contributed by atoms with E-state index in [0.717, 1.165) is 13.9 Å². The molecule has 0 aliphatic carbocycles. The minimum absolute atomic E-state index is 0.134. The van der Waals surface area contributed by atoms with E-state index in [9.17, 15) is 0 Å². The highest BCUT2D eigenvalue weighted by atomic mass is 16.2. The molecule has 0 bridgehead atoms. The second-order valence-corrected chi connectivity index (χ2v) is 1.22. The molecule has 0 saturated carbocycles. The van der Waals surface area contributed by atoms with Gasteiger partial charge in [-0.05, 0) is 6.42 Å². The van der Waals surface area contributed by atoms with Gasteiger partial charge in [-0.2, -0.15) is 0 Å². The molecule has 1 radical (unpaired) electrons. The SMILES string of the molecule is CCC(N)[B]O. The van der Waals surface area contributed by atoms with Crippen molar-refractivity contribution in [2.24, 2.45) is 5.73 Å². The normalized spacial score (nSPS) is 13.8. The van der Waals surface area contributed by atoms with Gasteiger partial charge in [0.1, 0.15) is 0 Å². The molecule has 0 amide bonds. The van der Waals surface area contributed by atoms with Crippen LogP contribution in [-0.2, 0) is 0 Å². The lowest BCUT2D eigenvalue weighted by Gasteiger charge is -1.96. The fourth-order valence-electron chi connectivity index (χ4n) is 0.105. The third-order valence-corrected chi connectivity index (χ3v) is 0.663. The molecule has 0 aliphatic heterocycles. The number of hydrogen-bond acceptors (Lipinski definition) is 2. The molecule has 2 nitrogen and oxygen atoms in total. The van der Waals surface area contributed by atoms with Crippen molar-refractivity contribution in [3.8, 4) is 0 Å². The lowest BCUT2D eigenvalue weighted by atomic mass is 9.88. The van der Waals surface area contributed by atoms with Gasteiger partial charge >= 0.3 is 7.48 Å². The van der Waals surface area contributed by atoms with E-state index in [2.05, 4.69) is 0 Å².